The van der Waals surface area contributed by atoms with Crippen LogP contribution >= 0.6 is 0 Å². The molecule has 2 aromatic heterocycles. The first-order valence-corrected chi connectivity index (χ1v) is 8.97. The Bertz CT molecular complexity index is 1030. The molecule has 0 bridgehead atoms. The van der Waals surface area contributed by atoms with E-state index < -0.39 is 0 Å². The average molecular weight is 382 g/mol. The van der Waals surface area contributed by atoms with E-state index in [4.69, 9.17) is 9.15 Å². The second-order valence-electron chi connectivity index (χ2n) is 6.28. The number of furan rings is 1. The Labute approximate surface area is 162 Å². The fourth-order valence-corrected chi connectivity index (χ4v) is 2.78. The summed E-state index contributed by atoms with van der Waals surface area (Å²) in [5, 5.41) is 3.97. The highest BCUT2D eigenvalue weighted by atomic mass is 16.5. The minimum absolute atomic E-state index is 0.00573. The number of hydrazone groups is 1. The SMILES string of the molecule is CCOC(=O)C/C(C)=N/NC(=O)Cn1c(-c2ccc(C)o2)nc2ccccc21. The summed E-state index contributed by atoms with van der Waals surface area (Å²) in [7, 11) is 0. The van der Waals surface area contributed by atoms with Crippen LogP contribution in [0.3, 0.4) is 0 Å². The number of hydrogen-bond donors (Lipinski definition) is 1. The maximum Gasteiger partial charge on any atom is 0.311 e. The lowest BCUT2D eigenvalue weighted by Gasteiger charge is -2.07. The van der Waals surface area contributed by atoms with Crippen molar-refractivity contribution >= 4 is 28.6 Å². The molecular formula is C20H22N4O4. The Kier molecular flexibility index (Phi) is 5.88. The van der Waals surface area contributed by atoms with Gasteiger partial charge in [0.1, 0.15) is 12.3 Å². The molecule has 0 spiro atoms. The number of aryl methyl sites for hydroxylation is 1. The molecule has 3 rings (SSSR count). The summed E-state index contributed by atoms with van der Waals surface area (Å²) in [6.45, 7) is 5.55. The Balaban J connectivity index is 1.79. The first kappa shape index (κ1) is 19.3. The van der Waals surface area contributed by atoms with Crippen molar-refractivity contribution in [1.82, 2.24) is 15.0 Å². The minimum Gasteiger partial charge on any atom is -0.466 e. The van der Waals surface area contributed by atoms with Gasteiger partial charge < -0.3 is 13.7 Å². The number of aromatic nitrogens is 2. The molecular weight excluding hydrogens is 360 g/mol. The lowest BCUT2D eigenvalue weighted by Crippen LogP contribution is -2.25. The normalized spacial score (nSPS) is 11.6. The highest BCUT2D eigenvalue weighted by molar-refractivity contribution is 5.98. The van der Waals surface area contributed by atoms with Gasteiger partial charge in [0.2, 0.25) is 0 Å². The molecule has 0 aliphatic carbocycles. The monoisotopic (exact) mass is 382 g/mol. The molecule has 8 nitrogen and oxygen atoms in total. The van der Waals surface area contributed by atoms with Crippen LogP contribution in [-0.2, 0) is 20.9 Å². The number of carbonyl (C=O) groups is 2. The van der Waals surface area contributed by atoms with Gasteiger partial charge in [0.25, 0.3) is 5.91 Å². The van der Waals surface area contributed by atoms with E-state index in [1.165, 1.54) is 0 Å². The molecule has 0 saturated carbocycles. The molecule has 1 N–H and O–H groups in total. The Morgan fingerprint density at radius 3 is 2.75 bits per heavy atom. The quantitative estimate of drug-likeness (QED) is 0.385. The summed E-state index contributed by atoms with van der Waals surface area (Å²) in [6, 6.07) is 11.2. The van der Waals surface area contributed by atoms with E-state index in [9.17, 15) is 9.59 Å². The van der Waals surface area contributed by atoms with E-state index in [-0.39, 0.29) is 24.8 Å². The van der Waals surface area contributed by atoms with Crippen molar-refractivity contribution in [2.45, 2.75) is 33.7 Å². The third-order valence-corrected chi connectivity index (χ3v) is 3.99. The first-order chi connectivity index (χ1) is 13.5. The van der Waals surface area contributed by atoms with Crippen molar-refractivity contribution < 1.29 is 18.7 Å². The molecule has 3 aromatic rings. The molecule has 1 amide bonds. The minimum atomic E-state index is -0.380. The van der Waals surface area contributed by atoms with Gasteiger partial charge in [0.15, 0.2) is 11.6 Å². The number of ether oxygens (including phenoxy) is 1. The fourth-order valence-electron chi connectivity index (χ4n) is 2.78. The number of esters is 1. The molecule has 0 fully saturated rings. The molecule has 146 valence electrons. The highest BCUT2D eigenvalue weighted by Gasteiger charge is 2.17. The summed E-state index contributed by atoms with van der Waals surface area (Å²) in [5.74, 6) is 1.20. The summed E-state index contributed by atoms with van der Waals surface area (Å²) < 4.78 is 12.3. The van der Waals surface area contributed by atoms with E-state index >= 15 is 0 Å². The second kappa shape index (κ2) is 8.51. The standard InChI is InChI=1S/C20H22N4O4/c1-4-27-19(26)11-13(2)22-23-18(25)12-24-16-8-6-5-7-15(16)21-20(24)17-10-9-14(3)28-17/h5-10H,4,11-12H2,1-3H3,(H,23,25)/b22-13+. The van der Waals surface area contributed by atoms with E-state index in [0.717, 1.165) is 16.8 Å². The van der Waals surface area contributed by atoms with Crippen molar-refractivity contribution in [1.29, 1.82) is 0 Å². The number of para-hydroxylation sites is 2. The number of nitrogens with zero attached hydrogens (tertiary/aromatic N) is 3. The van der Waals surface area contributed by atoms with Crippen LogP contribution in [-0.4, -0.2) is 33.7 Å². The first-order valence-electron chi connectivity index (χ1n) is 8.97. The Hall–Kier alpha value is -3.42. The van der Waals surface area contributed by atoms with Gasteiger partial charge in [-0.25, -0.2) is 10.4 Å². The summed E-state index contributed by atoms with van der Waals surface area (Å²) in [5.41, 5.74) is 4.52. The van der Waals surface area contributed by atoms with Gasteiger partial charge in [-0.3, -0.25) is 9.59 Å². The molecule has 0 unspecified atom stereocenters. The zero-order valence-electron chi connectivity index (χ0n) is 16.1. The third kappa shape index (κ3) is 4.46. The van der Waals surface area contributed by atoms with Gasteiger partial charge in [0, 0.05) is 5.71 Å². The lowest BCUT2D eigenvalue weighted by molar-refractivity contribution is -0.141. The maximum absolute atomic E-state index is 12.4. The van der Waals surface area contributed by atoms with Crippen LogP contribution < -0.4 is 5.43 Å². The van der Waals surface area contributed by atoms with Gasteiger partial charge in [-0.05, 0) is 45.0 Å². The van der Waals surface area contributed by atoms with Crippen LogP contribution in [0.4, 0.5) is 0 Å². The van der Waals surface area contributed by atoms with Crippen molar-refractivity contribution in [3.63, 3.8) is 0 Å². The highest BCUT2D eigenvalue weighted by Crippen LogP contribution is 2.26. The van der Waals surface area contributed by atoms with E-state index in [2.05, 4.69) is 15.5 Å². The number of nitrogens with one attached hydrogen (secondary N) is 1. The predicted octanol–water partition coefficient (Wildman–Crippen LogP) is 3.05. The number of rotatable bonds is 7. The molecule has 2 heterocycles. The summed E-state index contributed by atoms with van der Waals surface area (Å²) in [4.78, 5) is 28.5. The van der Waals surface area contributed by atoms with Crippen LogP contribution in [0.25, 0.3) is 22.6 Å². The zero-order valence-corrected chi connectivity index (χ0v) is 16.1. The molecule has 28 heavy (non-hydrogen) atoms. The molecule has 0 aliphatic rings. The van der Waals surface area contributed by atoms with Crippen LogP contribution in [0.15, 0.2) is 45.9 Å². The van der Waals surface area contributed by atoms with E-state index in [1.807, 2.05) is 43.3 Å². The van der Waals surface area contributed by atoms with Gasteiger partial charge in [-0.2, -0.15) is 5.10 Å². The molecule has 0 aliphatic heterocycles. The zero-order chi connectivity index (χ0) is 20.1. The van der Waals surface area contributed by atoms with Gasteiger partial charge in [0.05, 0.1) is 24.1 Å². The number of carbonyl (C=O) groups excluding carboxylic acids is 2. The van der Waals surface area contributed by atoms with Gasteiger partial charge >= 0.3 is 5.97 Å². The number of imidazole rings is 1. The van der Waals surface area contributed by atoms with E-state index in [1.54, 1.807) is 18.4 Å². The summed E-state index contributed by atoms with van der Waals surface area (Å²) in [6.07, 6.45) is 0.0268. The van der Waals surface area contributed by atoms with Crippen molar-refractivity contribution in [2.24, 2.45) is 5.10 Å². The lowest BCUT2D eigenvalue weighted by atomic mass is 10.3. The second-order valence-corrected chi connectivity index (χ2v) is 6.28. The number of benzene rings is 1. The van der Waals surface area contributed by atoms with Crippen molar-refractivity contribution in [2.75, 3.05) is 6.61 Å². The Morgan fingerprint density at radius 1 is 1.25 bits per heavy atom. The third-order valence-electron chi connectivity index (χ3n) is 3.99. The van der Waals surface area contributed by atoms with Crippen LogP contribution in [0.1, 0.15) is 26.0 Å². The number of fused-ring (bicyclic) bond motifs is 1. The maximum atomic E-state index is 12.4. The molecule has 0 saturated heterocycles. The van der Waals surface area contributed by atoms with Crippen LogP contribution in [0.5, 0.6) is 0 Å². The molecule has 0 atom stereocenters. The molecule has 0 radical (unpaired) electrons. The smallest absolute Gasteiger partial charge is 0.311 e. The number of amides is 1. The Morgan fingerprint density at radius 2 is 2.04 bits per heavy atom. The number of hydrogen-bond acceptors (Lipinski definition) is 6. The topological polar surface area (TPSA) is 98.7 Å². The van der Waals surface area contributed by atoms with Crippen molar-refractivity contribution in [3.8, 4) is 11.6 Å². The average Bonchev–Trinajstić information content (AvgIpc) is 3.24. The van der Waals surface area contributed by atoms with Crippen molar-refractivity contribution in [3.05, 3.63) is 42.2 Å². The molecule has 8 heteroatoms. The van der Waals surface area contributed by atoms with Crippen LogP contribution in [0, 0.1) is 6.92 Å². The van der Waals surface area contributed by atoms with Gasteiger partial charge in [-0.1, -0.05) is 12.1 Å². The molecule has 1 aromatic carbocycles. The summed E-state index contributed by atoms with van der Waals surface area (Å²) >= 11 is 0. The largest absolute Gasteiger partial charge is 0.466 e. The van der Waals surface area contributed by atoms with E-state index in [0.29, 0.717) is 23.9 Å². The predicted molar refractivity (Wildman–Crippen MR) is 105 cm³/mol. The fraction of sp³-hybridized carbons (Fsp3) is 0.300. The van der Waals surface area contributed by atoms with Gasteiger partial charge in [-0.15, -0.1) is 0 Å². The van der Waals surface area contributed by atoms with Crippen LogP contribution in [0.2, 0.25) is 0 Å².